The van der Waals surface area contributed by atoms with Crippen LogP contribution in [0.25, 0.3) is 0 Å². The van der Waals surface area contributed by atoms with E-state index in [1.807, 2.05) is 0 Å². The average molecular weight is 468 g/mol. The molecule has 0 aromatic heterocycles. The number of piperidine rings is 2. The normalized spacial score (nSPS) is 25.0. The summed E-state index contributed by atoms with van der Waals surface area (Å²) in [6.45, 7) is 4.00. The van der Waals surface area contributed by atoms with Gasteiger partial charge in [-0.2, -0.15) is 4.31 Å². The topological polar surface area (TPSA) is 69.7 Å². The van der Waals surface area contributed by atoms with Crippen molar-refractivity contribution < 1.29 is 13.2 Å². The van der Waals surface area contributed by atoms with E-state index in [1.165, 1.54) is 48.7 Å². The highest BCUT2D eigenvalue weighted by Gasteiger charge is 2.34. The van der Waals surface area contributed by atoms with Crippen LogP contribution in [0.3, 0.4) is 0 Å². The Morgan fingerprint density at radius 3 is 2.32 bits per heavy atom. The Kier molecular flexibility index (Phi) is 7.57. The molecular formula is C23H34ClN3O3S. The first-order chi connectivity index (χ1) is 14.9. The number of nitrogens with one attached hydrogen (secondary N) is 1. The molecule has 8 heteroatoms. The smallest absolute Gasteiger partial charge is 0.243 e. The minimum Gasteiger partial charge on any atom is -0.353 e. The average Bonchev–Trinajstić information content (AvgIpc) is 3.28. The molecule has 1 N–H and O–H groups in total. The highest BCUT2D eigenvalue weighted by molar-refractivity contribution is 7.89. The number of hydrogen-bond acceptors (Lipinski definition) is 4. The number of halogens is 1. The maximum atomic E-state index is 13.0. The van der Waals surface area contributed by atoms with Gasteiger partial charge in [-0.1, -0.05) is 24.4 Å². The molecule has 1 aliphatic carbocycles. The summed E-state index contributed by atoms with van der Waals surface area (Å²) in [7, 11) is -3.61. The third-order valence-corrected chi connectivity index (χ3v) is 9.26. The number of likely N-dealkylation sites (tertiary alicyclic amines) is 1. The van der Waals surface area contributed by atoms with Crippen molar-refractivity contribution >= 4 is 27.5 Å². The van der Waals surface area contributed by atoms with E-state index in [4.69, 9.17) is 11.6 Å². The molecule has 0 spiro atoms. The molecule has 2 saturated heterocycles. The SMILES string of the molecule is O=C(NC1CCN(CC2CCCC2)CC1)C1CCCN(S(=O)(=O)c2ccc(Cl)cc2)C1. The van der Waals surface area contributed by atoms with Crippen LogP contribution in [0.2, 0.25) is 5.02 Å². The van der Waals surface area contributed by atoms with E-state index in [9.17, 15) is 13.2 Å². The number of nitrogens with zero attached hydrogens (tertiary/aromatic N) is 2. The van der Waals surface area contributed by atoms with Gasteiger partial charge in [0.15, 0.2) is 0 Å². The second-order valence-corrected chi connectivity index (χ2v) is 11.8. The number of benzene rings is 1. The van der Waals surface area contributed by atoms with E-state index in [0.29, 0.717) is 18.0 Å². The predicted molar refractivity (Wildman–Crippen MR) is 122 cm³/mol. The van der Waals surface area contributed by atoms with Crippen molar-refractivity contribution in [3.8, 4) is 0 Å². The molecule has 2 heterocycles. The summed E-state index contributed by atoms with van der Waals surface area (Å²) in [5.74, 6) is 0.583. The first kappa shape index (κ1) is 23.0. The van der Waals surface area contributed by atoms with Crippen LogP contribution in [0.5, 0.6) is 0 Å². The van der Waals surface area contributed by atoms with Gasteiger partial charge >= 0.3 is 0 Å². The predicted octanol–water partition coefficient (Wildman–Crippen LogP) is 3.51. The van der Waals surface area contributed by atoms with Gasteiger partial charge in [-0.05, 0) is 68.7 Å². The quantitative estimate of drug-likeness (QED) is 0.695. The van der Waals surface area contributed by atoms with Crippen molar-refractivity contribution in [1.29, 1.82) is 0 Å². The molecule has 2 aliphatic heterocycles. The van der Waals surface area contributed by atoms with Gasteiger partial charge in [0.05, 0.1) is 10.8 Å². The summed E-state index contributed by atoms with van der Waals surface area (Å²) >= 11 is 5.89. The van der Waals surface area contributed by atoms with Gasteiger partial charge in [0.25, 0.3) is 0 Å². The van der Waals surface area contributed by atoms with Crippen molar-refractivity contribution in [3.63, 3.8) is 0 Å². The van der Waals surface area contributed by atoms with E-state index >= 15 is 0 Å². The van der Waals surface area contributed by atoms with Crippen molar-refractivity contribution in [2.45, 2.75) is 62.3 Å². The molecule has 3 fully saturated rings. The van der Waals surface area contributed by atoms with E-state index in [2.05, 4.69) is 10.2 Å². The molecular weight excluding hydrogens is 434 g/mol. The molecule has 1 unspecified atom stereocenters. The van der Waals surface area contributed by atoms with Crippen LogP contribution < -0.4 is 5.32 Å². The van der Waals surface area contributed by atoms with E-state index in [0.717, 1.165) is 38.3 Å². The zero-order valence-electron chi connectivity index (χ0n) is 18.1. The molecule has 1 saturated carbocycles. The highest BCUT2D eigenvalue weighted by atomic mass is 35.5. The maximum absolute atomic E-state index is 13.0. The van der Waals surface area contributed by atoms with Gasteiger partial charge in [0, 0.05) is 43.8 Å². The Labute approximate surface area is 191 Å². The zero-order chi connectivity index (χ0) is 21.8. The van der Waals surface area contributed by atoms with Crippen LogP contribution in [0, 0.1) is 11.8 Å². The third kappa shape index (κ3) is 5.81. The number of sulfonamides is 1. The first-order valence-electron chi connectivity index (χ1n) is 11.7. The minimum atomic E-state index is -3.61. The molecule has 172 valence electrons. The first-order valence-corrected chi connectivity index (χ1v) is 13.5. The molecule has 1 atom stereocenters. The molecule has 3 aliphatic rings. The van der Waals surface area contributed by atoms with E-state index < -0.39 is 10.0 Å². The lowest BCUT2D eigenvalue weighted by Gasteiger charge is -2.36. The zero-order valence-corrected chi connectivity index (χ0v) is 19.7. The van der Waals surface area contributed by atoms with Crippen LogP contribution in [-0.2, 0) is 14.8 Å². The Bertz CT molecular complexity index is 847. The number of carbonyl (C=O) groups excluding carboxylic acids is 1. The van der Waals surface area contributed by atoms with E-state index in [1.54, 1.807) is 12.1 Å². The van der Waals surface area contributed by atoms with Crippen molar-refractivity contribution in [3.05, 3.63) is 29.3 Å². The molecule has 1 aromatic rings. The summed E-state index contributed by atoms with van der Waals surface area (Å²) in [5, 5.41) is 3.72. The molecule has 1 aromatic carbocycles. The maximum Gasteiger partial charge on any atom is 0.243 e. The lowest BCUT2D eigenvalue weighted by Crippen LogP contribution is -2.50. The number of rotatable bonds is 6. The number of hydrogen-bond donors (Lipinski definition) is 1. The number of carbonyl (C=O) groups is 1. The highest BCUT2D eigenvalue weighted by Crippen LogP contribution is 2.27. The largest absolute Gasteiger partial charge is 0.353 e. The summed E-state index contributed by atoms with van der Waals surface area (Å²) in [5.41, 5.74) is 0. The standard InChI is InChI=1S/C23H34ClN3O3S/c24-20-7-9-22(10-8-20)31(29,30)27-13-3-6-19(17-27)23(28)25-21-11-14-26(15-12-21)16-18-4-1-2-5-18/h7-10,18-19,21H,1-6,11-17H2,(H,25,28). The van der Waals surface area contributed by atoms with Crippen molar-refractivity contribution in [2.75, 3.05) is 32.7 Å². The molecule has 6 nitrogen and oxygen atoms in total. The molecule has 1 amide bonds. The summed E-state index contributed by atoms with van der Waals surface area (Å²) in [6.07, 6.45) is 8.90. The summed E-state index contributed by atoms with van der Waals surface area (Å²) in [4.78, 5) is 15.7. The van der Waals surface area contributed by atoms with E-state index in [-0.39, 0.29) is 29.3 Å². The molecule has 0 radical (unpaired) electrons. The monoisotopic (exact) mass is 467 g/mol. The van der Waals surface area contributed by atoms with Gasteiger partial charge in [-0.15, -0.1) is 0 Å². The second-order valence-electron chi connectivity index (χ2n) is 9.39. The number of amides is 1. The van der Waals surface area contributed by atoms with Crippen molar-refractivity contribution in [2.24, 2.45) is 11.8 Å². The van der Waals surface area contributed by atoms with Crippen LogP contribution >= 0.6 is 11.6 Å². The second kappa shape index (κ2) is 10.2. The van der Waals surface area contributed by atoms with Crippen LogP contribution in [0.1, 0.15) is 51.4 Å². The lowest BCUT2D eigenvalue weighted by molar-refractivity contribution is -0.127. The summed E-state index contributed by atoms with van der Waals surface area (Å²) in [6, 6.07) is 6.43. The Balaban J connectivity index is 1.27. The van der Waals surface area contributed by atoms with Crippen LogP contribution in [0.15, 0.2) is 29.2 Å². The van der Waals surface area contributed by atoms with Crippen LogP contribution in [0.4, 0.5) is 0 Å². The third-order valence-electron chi connectivity index (χ3n) is 7.13. The van der Waals surface area contributed by atoms with Gasteiger partial charge < -0.3 is 10.2 Å². The molecule has 0 bridgehead atoms. The summed E-state index contributed by atoms with van der Waals surface area (Å²) < 4.78 is 27.4. The van der Waals surface area contributed by atoms with Crippen LogP contribution in [-0.4, -0.2) is 62.3 Å². The van der Waals surface area contributed by atoms with Crippen molar-refractivity contribution in [1.82, 2.24) is 14.5 Å². The fourth-order valence-electron chi connectivity index (χ4n) is 5.27. The Morgan fingerprint density at radius 1 is 0.968 bits per heavy atom. The van der Waals surface area contributed by atoms with Gasteiger partial charge in [0.2, 0.25) is 15.9 Å². The van der Waals surface area contributed by atoms with Gasteiger partial charge in [0.1, 0.15) is 0 Å². The Morgan fingerprint density at radius 2 is 1.65 bits per heavy atom. The Hall–Kier alpha value is -1.15. The minimum absolute atomic E-state index is 0.00486. The lowest BCUT2D eigenvalue weighted by atomic mass is 9.96. The molecule has 4 rings (SSSR count). The van der Waals surface area contributed by atoms with Gasteiger partial charge in [-0.25, -0.2) is 8.42 Å². The molecule has 31 heavy (non-hydrogen) atoms. The fourth-order valence-corrected chi connectivity index (χ4v) is 6.92. The van der Waals surface area contributed by atoms with Gasteiger partial charge in [-0.3, -0.25) is 4.79 Å². The fraction of sp³-hybridized carbons (Fsp3) is 0.696.